The summed E-state index contributed by atoms with van der Waals surface area (Å²) in [5, 5.41) is 7.18. The lowest BCUT2D eigenvalue weighted by molar-refractivity contribution is 0.392. The maximum atomic E-state index is 5.98. The quantitative estimate of drug-likeness (QED) is 0.812. The molecule has 3 N–H and O–H groups in total. The van der Waals surface area contributed by atoms with E-state index in [4.69, 9.17) is 15.0 Å². The fourth-order valence-corrected chi connectivity index (χ4v) is 1.81. The van der Waals surface area contributed by atoms with E-state index in [0.29, 0.717) is 18.0 Å². The number of aryl methyl sites for hydroxylation is 2. The van der Waals surface area contributed by atoms with Crippen molar-refractivity contribution in [2.75, 3.05) is 18.2 Å². The van der Waals surface area contributed by atoms with Gasteiger partial charge in [0.2, 0.25) is 0 Å². The van der Waals surface area contributed by atoms with Crippen molar-refractivity contribution in [3.05, 3.63) is 35.2 Å². The van der Waals surface area contributed by atoms with Gasteiger partial charge in [-0.3, -0.25) is 0 Å². The molecule has 0 saturated heterocycles. The second-order valence-corrected chi connectivity index (χ2v) is 4.08. The number of nitrogens with zero attached hydrogens (tertiary/aromatic N) is 1. The molecule has 5 nitrogen and oxygen atoms in total. The standard InChI is InChI=1S/C13H17N3O2/c1-8-10(9(2)18-16-8)7-15-11-5-4-6-12(17-3)13(11)14/h4-6,15H,7,14H2,1-3H3. The number of aromatic nitrogens is 1. The fourth-order valence-electron chi connectivity index (χ4n) is 1.81. The highest BCUT2D eigenvalue weighted by Gasteiger charge is 2.10. The number of hydrogen-bond donors (Lipinski definition) is 2. The van der Waals surface area contributed by atoms with Gasteiger partial charge < -0.3 is 20.3 Å². The van der Waals surface area contributed by atoms with Crippen LogP contribution in [0.15, 0.2) is 22.7 Å². The lowest BCUT2D eigenvalue weighted by Crippen LogP contribution is -2.04. The molecule has 2 rings (SSSR count). The summed E-state index contributed by atoms with van der Waals surface area (Å²) < 4.78 is 10.3. The maximum Gasteiger partial charge on any atom is 0.143 e. The summed E-state index contributed by atoms with van der Waals surface area (Å²) in [4.78, 5) is 0. The number of hydrogen-bond acceptors (Lipinski definition) is 5. The molecule has 0 bridgehead atoms. The Hall–Kier alpha value is -2.17. The third-order valence-electron chi connectivity index (χ3n) is 2.92. The van der Waals surface area contributed by atoms with Crippen LogP contribution in [0.5, 0.6) is 5.75 Å². The SMILES string of the molecule is COc1cccc(NCc2c(C)noc2C)c1N. The highest BCUT2D eigenvalue weighted by Crippen LogP contribution is 2.29. The van der Waals surface area contributed by atoms with Gasteiger partial charge in [-0.05, 0) is 26.0 Å². The van der Waals surface area contributed by atoms with E-state index >= 15 is 0 Å². The molecule has 0 radical (unpaired) electrons. The predicted octanol–water partition coefficient (Wildman–Crippen LogP) is 2.49. The van der Waals surface area contributed by atoms with Crippen molar-refractivity contribution in [2.45, 2.75) is 20.4 Å². The van der Waals surface area contributed by atoms with E-state index in [0.717, 1.165) is 22.7 Å². The summed E-state index contributed by atoms with van der Waals surface area (Å²) in [6, 6.07) is 5.64. The average molecular weight is 247 g/mol. The smallest absolute Gasteiger partial charge is 0.143 e. The van der Waals surface area contributed by atoms with Gasteiger partial charge in [-0.15, -0.1) is 0 Å². The molecule has 5 heteroatoms. The highest BCUT2D eigenvalue weighted by atomic mass is 16.5. The first-order valence-electron chi connectivity index (χ1n) is 5.71. The van der Waals surface area contributed by atoms with Crippen molar-refractivity contribution in [3.8, 4) is 5.75 Å². The van der Waals surface area contributed by atoms with E-state index in [1.165, 1.54) is 0 Å². The van der Waals surface area contributed by atoms with E-state index < -0.39 is 0 Å². The molecule has 0 unspecified atom stereocenters. The lowest BCUT2D eigenvalue weighted by Gasteiger charge is -2.11. The van der Waals surface area contributed by atoms with Gasteiger partial charge in [0, 0.05) is 12.1 Å². The van der Waals surface area contributed by atoms with Gasteiger partial charge in [-0.1, -0.05) is 11.2 Å². The zero-order valence-electron chi connectivity index (χ0n) is 10.8. The molecule has 96 valence electrons. The van der Waals surface area contributed by atoms with Crippen molar-refractivity contribution in [1.29, 1.82) is 0 Å². The Morgan fingerprint density at radius 2 is 2.17 bits per heavy atom. The van der Waals surface area contributed by atoms with Gasteiger partial charge in [0.15, 0.2) is 0 Å². The summed E-state index contributed by atoms with van der Waals surface area (Å²) in [5.74, 6) is 1.49. The van der Waals surface area contributed by atoms with E-state index in [-0.39, 0.29) is 0 Å². The summed E-state index contributed by atoms with van der Waals surface area (Å²) in [5.41, 5.74) is 9.37. The number of rotatable bonds is 4. The molecule has 1 aromatic carbocycles. The molecule has 0 aliphatic heterocycles. The van der Waals surface area contributed by atoms with Crippen LogP contribution >= 0.6 is 0 Å². The lowest BCUT2D eigenvalue weighted by atomic mass is 10.2. The second-order valence-electron chi connectivity index (χ2n) is 4.08. The normalized spacial score (nSPS) is 10.4. The Labute approximate surface area is 106 Å². The minimum atomic E-state index is 0.603. The molecule has 0 amide bonds. The van der Waals surface area contributed by atoms with Crippen LogP contribution in [0.2, 0.25) is 0 Å². The maximum absolute atomic E-state index is 5.98. The van der Waals surface area contributed by atoms with E-state index in [1.807, 2.05) is 32.0 Å². The van der Waals surface area contributed by atoms with Gasteiger partial charge in [-0.2, -0.15) is 0 Å². The van der Waals surface area contributed by atoms with E-state index in [2.05, 4.69) is 10.5 Å². The first-order valence-corrected chi connectivity index (χ1v) is 5.71. The Morgan fingerprint density at radius 1 is 1.39 bits per heavy atom. The number of anilines is 2. The zero-order chi connectivity index (χ0) is 13.1. The topological polar surface area (TPSA) is 73.3 Å². The number of nitrogen functional groups attached to an aromatic ring is 1. The molecule has 2 aromatic rings. The third-order valence-corrected chi connectivity index (χ3v) is 2.92. The molecule has 1 heterocycles. The van der Waals surface area contributed by atoms with Crippen LogP contribution < -0.4 is 15.8 Å². The van der Waals surface area contributed by atoms with Gasteiger partial charge in [0.1, 0.15) is 11.5 Å². The molecule has 0 atom stereocenters. The van der Waals surface area contributed by atoms with Crippen LogP contribution in [0.1, 0.15) is 17.0 Å². The number of benzene rings is 1. The Balaban J connectivity index is 2.16. The molecule has 1 aromatic heterocycles. The highest BCUT2D eigenvalue weighted by molar-refractivity contribution is 5.72. The second kappa shape index (κ2) is 5.00. The van der Waals surface area contributed by atoms with Crippen LogP contribution in [0.25, 0.3) is 0 Å². The zero-order valence-corrected chi connectivity index (χ0v) is 10.8. The first kappa shape index (κ1) is 12.3. The Bertz CT molecular complexity index is 530. The largest absolute Gasteiger partial charge is 0.495 e. The number of ether oxygens (including phenoxy) is 1. The molecule has 0 aliphatic carbocycles. The van der Waals surface area contributed by atoms with Crippen molar-refractivity contribution >= 4 is 11.4 Å². The van der Waals surface area contributed by atoms with Crippen molar-refractivity contribution in [3.63, 3.8) is 0 Å². The summed E-state index contributed by atoms with van der Waals surface area (Å²) in [6.07, 6.45) is 0. The van der Waals surface area contributed by atoms with Gasteiger partial charge in [0.25, 0.3) is 0 Å². The third kappa shape index (κ3) is 2.25. The van der Waals surface area contributed by atoms with Crippen LogP contribution in [0, 0.1) is 13.8 Å². The van der Waals surface area contributed by atoms with E-state index in [9.17, 15) is 0 Å². The molecule has 0 saturated carbocycles. The molecular formula is C13H17N3O2. The van der Waals surface area contributed by atoms with Crippen molar-refractivity contribution in [1.82, 2.24) is 5.16 Å². The van der Waals surface area contributed by atoms with Gasteiger partial charge in [0.05, 0.1) is 24.2 Å². The Kier molecular flexibility index (Phi) is 3.41. The van der Waals surface area contributed by atoms with Crippen LogP contribution in [-0.4, -0.2) is 12.3 Å². The number of nitrogens with two attached hydrogens (primary N) is 1. The molecule has 0 fully saturated rings. The first-order chi connectivity index (χ1) is 8.63. The predicted molar refractivity (Wildman–Crippen MR) is 70.7 cm³/mol. The summed E-state index contributed by atoms with van der Waals surface area (Å²) in [7, 11) is 1.60. The average Bonchev–Trinajstić information content (AvgIpc) is 2.68. The fraction of sp³-hybridized carbons (Fsp3) is 0.308. The van der Waals surface area contributed by atoms with E-state index in [1.54, 1.807) is 7.11 Å². The molecular weight excluding hydrogens is 230 g/mol. The van der Waals surface area contributed by atoms with Crippen LogP contribution in [0.4, 0.5) is 11.4 Å². The minimum Gasteiger partial charge on any atom is -0.495 e. The molecule has 0 aliphatic rings. The summed E-state index contributed by atoms with van der Waals surface area (Å²) >= 11 is 0. The van der Waals surface area contributed by atoms with Crippen molar-refractivity contribution in [2.24, 2.45) is 0 Å². The molecule has 0 spiro atoms. The Morgan fingerprint density at radius 3 is 2.78 bits per heavy atom. The summed E-state index contributed by atoms with van der Waals surface area (Å²) in [6.45, 7) is 4.44. The number of nitrogens with one attached hydrogen (secondary N) is 1. The van der Waals surface area contributed by atoms with Crippen molar-refractivity contribution < 1.29 is 9.26 Å². The number of para-hydroxylation sites is 1. The number of methoxy groups -OCH3 is 1. The van der Waals surface area contributed by atoms with Crippen LogP contribution in [0.3, 0.4) is 0 Å². The molecule has 18 heavy (non-hydrogen) atoms. The minimum absolute atomic E-state index is 0.603. The van der Waals surface area contributed by atoms with Gasteiger partial charge in [-0.25, -0.2) is 0 Å². The van der Waals surface area contributed by atoms with Crippen LogP contribution in [-0.2, 0) is 6.54 Å². The monoisotopic (exact) mass is 247 g/mol. The van der Waals surface area contributed by atoms with Gasteiger partial charge >= 0.3 is 0 Å².